The first-order valence-electron chi connectivity index (χ1n) is 6.80. The highest BCUT2D eigenvalue weighted by Crippen LogP contribution is 2.20. The number of imide groups is 1. The number of carbonyl (C=O) groups excluding carboxylic acids is 2. The molecule has 0 aromatic heterocycles. The van der Waals surface area contributed by atoms with E-state index >= 15 is 0 Å². The van der Waals surface area contributed by atoms with E-state index in [1.807, 2.05) is 31.2 Å². The SMILES string of the molecule is CCc1ccc(C=NN2C(=O)NC(C)(CC)C2=O)cc1. The molecule has 1 N–H and O–H groups in total. The number of rotatable bonds is 4. The van der Waals surface area contributed by atoms with Crippen molar-refractivity contribution in [3.05, 3.63) is 35.4 Å². The number of nitrogens with one attached hydrogen (secondary N) is 1. The van der Waals surface area contributed by atoms with E-state index in [-0.39, 0.29) is 5.91 Å². The second kappa shape index (κ2) is 5.45. The van der Waals surface area contributed by atoms with E-state index in [9.17, 15) is 9.59 Å². The van der Waals surface area contributed by atoms with E-state index in [1.54, 1.807) is 6.92 Å². The van der Waals surface area contributed by atoms with Crippen LogP contribution in [0.25, 0.3) is 0 Å². The van der Waals surface area contributed by atoms with Crippen molar-refractivity contribution in [1.82, 2.24) is 10.3 Å². The third kappa shape index (κ3) is 2.57. The van der Waals surface area contributed by atoms with Crippen molar-refractivity contribution in [3.8, 4) is 0 Å². The molecule has 1 unspecified atom stereocenters. The molecule has 1 aromatic carbocycles. The molecule has 2 rings (SSSR count). The molecule has 5 heteroatoms. The highest BCUT2D eigenvalue weighted by atomic mass is 16.2. The van der Waals surface area contributed by atoms with E-state index in [0.717, 1.165) is 17.0 Å². The summed E-state index contributed by atoms with van der Waals surface area (Å²) in [4.78, 5) is 23.9. The maximum absolute atomic E-state index is 12.1. The number of hydrogen-bond donors (Lipinski definition) is 1. The van der Waals surface area contributed by atoms with E-state index in [1.165, 1.54) is 11.8 Å². The summed E-state index contributed by atoms with van der Waals surface area (Å²) in [6, 6.07) is 7.37. The molecule has 5 nitrogen and oxygen atoms in total. The molecule has 20 heavy (non-hydrogen) atoms. The number of benzene rings is 1. The number of amides is 3. The normalized spacial score (nSPS) is 22.6. The number of hydrogen-bond acceptors (Lipinski definition) is 3. The molecule has 1 heterocycles. The Balaban J connectivity index is 2.14. The number of urea groups is 1. The summed E-state index contributed by atoms with van der Waals surface area (Å²) < 4.78 is 0. The molecule has 0 spiro atoms. The fourth-order valence-corrected chi connectivity index (χ4v) is 1.98. The molecule has 0 bridgehead atoms. The van der Waals surface area contributed by atoms with Crippen molar-refractivity contribution in [1.29, 1.82) is 0 Å². The lowest BCUT2D eigenvalue weighted by Crippen LogP contribution is -2.42. The quantitative estimate of drug-likeness (QED) is 0.676. The monoisotopic (exact) mass is 273 g/mol. The zero-order valence-electron chi connectivity index (χ0n) is 12.0. The molecule has 3 amide bonds. The molecule has 1 aliphatic heterocycles. The van der Waals surface area contributed by atoms with Crippen LogP contribution in [0.1, 0.15) is 38.3 Å². The topological polar surface area (TPSA) is 61.8 Å². The van der Waals surface area contributed by atoms with Crippen LogP contribution in [-0.2, 0) is 11.2 Å². The van der Waals surface area contributed by atoms with Gasteiger partial charge in [-0.2, -0.15) is 5.10 Å². The minimum Gasteiger partial charge on any atom is -0.322 e. The summed E-state index contributed by atoms with van der Waals surface area (Å²) in [5.41, 5.74) is 1.24. The Labute approximate surface area is 118 Å². The predicted octanol–water partition coefficient (Wildman–Crippen LogP) is 2.30. The summed E-state index contributed by atoms with van der Waals surface area (Å²) in [6.07, 6.45) is 3.03. The van der Waals surface area contributed by atoms with Crippen LogP contribution >= 0.6 is 0 Å². The smallest absolute Gasteiger partial charge is 0.322 e. The van der Waals surface area contributed by atoms with Gasteiger partial charge in [0.1, 0.15) is 5.54 Å². The standard InChI is InChI=1S/C15H19N3O2/c1-4-11-6-8-12(9-7-11)10-16-18-13(19)15(3,5-2)17-14(18)20/h6-10H,4-5H2,1-3H3,(H,17,20). The summed E-state index contributed by atoms with van der Waals surface area (Å²) in [5.74, 6) is -0.313. The lowest BCUT2D eigenvalue weighted by molar-refractivity contribution is -0.130. The van der Waals surface area contributed by atoms with Gasteiger partial charge in [-0.3, -0.25) is 4.79 Å². The van der Waals surface area contributed by atoms with Gasteiger partial charge in [-0.1, -0.05) is 38.1 Å². The largest absolute Gasteiger partial charge is 0.346 e. The Kier molecular flexibility index (Phi) is 3.88. The highest BCUT2D eigenvalue weighted by Gasteiger charge is 2.46. The third-order valence-electron chi connectivity index (χ3n) is 3.66. The van der Waals surface area contributed by atoms with E-state index < -0.39 is 11.6 Å². The van der Waals surface area contributed by atoms with E-state index in [0.29, 0.717) is 6.42 Å². The number of aryl methyl sites for hydroxylation is 1. The van der Waals surface area contributed by atoms with Crippen LogP contribution < -0.4 is 5.32 Å². The van der Waals surface area contributed by atoms with Crippen LogP contribution in [0.5, 0.6) is 0 Å². The van der Waals surface area contributed by atoms with Crippen LogP contribution in [0, 0.1) is 0 Å². The third-order valence-corrected chi connectivity index (χ3v) is 3.66. The van der Waals surface area contributed by atoms with Gasteiger partial charge in [-0.25, -0.2) is 4.79 Å². The molecule has 1 aliphatic rings. The molecule has 1 atom stereocenters. The lowest BCUT2D eigenvalue weighted by atomic mass is 10.00. The predicted molar refractivity (Wildman–Crippen MR) is 77.5 cm³/mol. The van der Waals surface area contributed by atoms with Gasteiger partial charge >= 0.3 is 6.03 Å². The fourth-order valence-electron chi connectivity index (χ4n) is 1.98. The molecular formula is C15H19N3O2. The Bertz CT molecular complexity index is 551. The van der Waals surface area contributed by atoms with E-state index in [2.05, 4.69) is 17.3 Å². The maximum Gasteiger partial charge on any atom is 0.346 e. The Morgan fingerprint density at radius 2 is 1.90 bits per heavy atom. The maximum atomic E-state index is 12.1. The molecule has 0 saturated carbocycles. The minimum atomic E-state index is -0.847. The zero-order valence-corrected chi connectivity index (χ0v) is 12.0. The number of hydrazone groups is 1. The van der Waals surface area contributed by atoms with Crippen molar-refractivity contribution in [2.24, 2.45) is 5.10 Å². The van der Waals surface area contributed by atoms with Gasteiger partial charge in [0, 0.05) is 0 Å². The van der Waals surface area contributed by atoms with Crippen LogP contribution in [-0.4, -0.2) is 28.7 Å². The molecule has 1 saturated heterocycles. The Hall–Kier alpha value is -2.17. The number of nitrogens with zero attached hydrogens (tertiary/aromatic N) is 2. The summed E-state index contributed by atoms with van der Waals surface area (Å²) in [7, 11) is 0. The van der Waals surface area contributed by atoms with Gasteiger partial charge < -0.3 is 5.32 Å². The van der Waals surface area contributed by atoms with E-state index in [4.69, 9.17) is 0 Å². The highest BCUT2D eigenvalue weighted by molar-refractivity contribution is 6.07. The molecule has 0 aliphatic carbocycles. The van der Waals surface area contributed by atoms with Crippen LogP contribution in [0.2, 0.25) is 0 Å². The first-order chi connectivity index (χ1) is 9.50. The zero-order chi connectivity index (χ0) is 14.8. The van der Waals surface area contributed by atoms with Gasteiger partial charge in [0.25, 0.3) is 5.91 Å². The lowest BCUT2D eigenvalue weighted by Gasteiger charge is -2.17. The van der Waals surface area contributed by atoms with Crippen LogP contribution in [0.4, 0.5) is 4.79 Å². The van der Waals surface area contributed by atoms with Crippen molar-refractivity contribution < 1.29 is 9.59 Å². The van der Waals surface area contributed by atoms with Crippen LogP contribution in [0.15, 0.2) is 29.4 Å². The summed E-state index contributed by atoms with van der Waals surface area (Å²) in [6.45, 7) is 5.65. The van der Waals surface area contributed by atoms with Crippen LogP contribution in [0.3, 0.4) is 0 Å². The van der Waals surface area contributed by atoms with Crippen molar-refractivity contribution in [3.63, 3.8) is 0 Å². The minimum absolute atomic E-state index is 0.313. The summed E-state index contributed by atoms with van der Waals surface area (Å²) >= 11 is 0. The van der Waals surface area contributed by atoms with Gasteiger partial charge in [-0.05, 0) is 30.9 Å². The first-order valence-corrected chi connectivity index (χ1v) is 6.80. The van der Waals surface area contributed by atoms with Crippen molar-refractivity contribution >= 4 is 18.2 Å². The second-order valence-corrected chi connectivity index (χ2v) is 5.07. The van der Waals surface area contributed by atoms with Gasteiger partial charge in [-0.15, -0.1) is 5.01 Å². The first kappa shape index (κ1) is 14.2. The van der Waals surface area contributed by atoms with Gasteiger partial charge in [0.15, 0.2) is 0 Å². The number of carbonyl (C=O) groups is 2. The molecule has 1 fully saturated rings. The van der Waals surface area contributed by atoms with Crippen molar-refractivity contribution in [2.45, 2.75) is 39.2 Å². The van der Waals surface area contributed by atoms with Crippen molar-refractivity contribution in [2.75, 3.05) is 0 Å². The molecule has 1 aromatic rings. The van der Waals surface area contributed by atoms with Gasteiger partial charge in [0.05, 0.1) is 6.21 Å². The Morgan fingerprint density at radius 3 is 2.40 bits per heavy atom. The average Bonchev–Trinajstić information content (AvgIpc) is 2.68. The average molecular weight is 273 g/mol. The molecule has 106 valence electrons. The molecular weight excluding hydrogens is 254 g/mol. The second-order valence-electron chi connectivity index (χ2n) is 5.07. The fraction of sp³-hybridized carbons (Fsp3) is 0.400. The van der Waals surface area contributed by atoms with Gasteiger partial charge in [0.2, 0.25) is 0 Å². The Morgan fingerprint density at radius 1 is 1.25 bits per heavy atom. The molecule has 0 radical (unpaired) electrons. The summed E-state index contributed by atoms with van der Waals surface area (Å²) in [5, 5.41) is 7.56.